The Bertz CT molecular complexity index is 1590. The van der Waals surface area contributed by atoms with E-state index in [0.29, 0.717) is 16.8 Å². The van der Waals surface area contributed by atoms with E-state index in [1.165, 1.54) is 37.8 Å². The van der Waals surface area contributed by atoms with Gasteiger partial charge in [-0.05, 0) is 94.1 Å². The van der Waals surface area contributed by atoms with Crippen LogP contribution in [0.4, 0.5) is 11.6 Å². The van der Waals surface area contributed by atoms with Crippen molar-refractivity contribution in [3.63, 3.8) is 0 Å². The van der Waals surface area contributed by atoms with E-state index >= 15 is 0 Å². The Morgan fingerprint density at radius 2 is 1.71 bits per heavy atom. The summed E-state index contributed by atoms with van der Waals surface area (Å²) in [7, 11) is 4.23. The zero-order valence-corrected chi connectivity index (χ0v) is 24.7. The number of aromatic nitrogens is 4. The number of nitrogens with zero attached hydrogens (tertiary/aromatic N) is 7. The molecule has 218 valence electrons. The lowest BCUT2D eigenvalue weighted by Gasteiger charge is -2.54. The molecule has 3 saturated heterocycles. The van der Waals surface area contributed by atoms with Gasteiger partial charge in [0.05, 0.1) is 11.9 Å². The molecule has 0 atom stereocenters. The van der Waals surface area contributed by atoms with Gasteiger partial charge in [0.25, 0.3) is 5.91 Å². The quantitative estimate of drug-likeness (QED) is 0.360. The molecule has 42 heavy (non-hydrogen) atoms. The van der Waals surface area contributed by atoms with Gasteiger partial charge in [0.1, 0.15) is 11.6 Å². The number of nitrogens with one attached hydrogen (secondary N) is 1. The predicted octanol–water partition coefficient (Wildman–Crippen LogP) is 4.80. The largest absolute Gasteiger partial charge is 0.355 e. The number of rotatable bonds is 6. The molecule has 1 N–H and O–H groups in total. The molecule has 0 unspecified atom stereocenters. The van der Waals surface area contributed by atoms with Crippen LogP contribution in [0.2, 0.25) is 0 Å². The van der Waals surface area contributed by atoms with Gasteiger partial charge in [-0.15, -0.1) is 0 Å². The Morgan fingerprint density at radius 3 is 2.52 bits per heavy atom. The highest BCUT2D eigenvalue weighted by Crippen LogP contribution is 2.42. The zero-order chi connectivity index (χ0) is 28.7. The molecule has 1 amide bonds. The van der Waals surface area contributed by atoms with Crippen LogP contribution >= 0.6 is 0 Å². The Labute approximate surface area is 247 Å². The van der Waals surface area contributed by atoms with E-state index in [1.54, 1.807) is 12.3 Å². The maximum absolute atomic E-state index is 13.3. The van der Waals surface area contributed by atoms with Crippen molar-refractivity contribution in [1.29, 1.82) is 0 Å². The van der Waals surface area contributed by atoms with E-state index in [4.69, 9.17) is 0 Å². The van der Waals surface area contributed by atoms with Crippen LogP contribution in [0.15, 0.2) is 55.0 Å². The second-order valence-corrected chi connectivity index (χ2v) is 12.6. The number of amides is 1. The third-order valence-electron chi connectivity index (χ3n) is 9.59. The highest BCUT2D eigenvalue weighted by Gasteiger charge is 2.44. The van der Waals surface area contributed by atoms with Gasteiger partial charge in [-0.2, -0.15) is 5.10 Å². The summed E-state index contributed by atoms with van der Waals surface area (Å²) >= 11 is 0. The zero-order valence-electron chi connectivity index (χ0n) is 24.7. The molecule has 9 nitrogen and oxygen atoms in total. The number of anilines is 2. The average molecular weight is 565 g/mol. The molecule has 0 radical (unpaired) electrons. The van der Waals surface area contributed by atoms with Gasteiger partial charge in [-0.25, -0.2) is 9.97 Å². The summed E-state index contributed by atoms with van der Waals surface area (Å²) in [5, 5.41) is 9.68. The first-order valence-electron chi connectivity index (χ1n) is 15.3. The van der Waals surface area contributed by atoms with Crippen molar-refractivity contribution < 1.29 is 4.79 Å². The normalized spacial score (nSPS) is 19.2. The van der Waals surface area contributed by atoms with E-state index < -0.39 is 0 Å². The summed E-state index contributed by atoms with van der Waals surface area (Å²) in [5.41, 5.74) is 4.52. The maximum Gasteiger partial charge on any atom is 0.257 e. The first kappa shape index (κ1) is 27.0. The Morgan fingerprint density at radius 1 is 0.905 bits per heavy atom. The van der Waals surface area contributed by atoms with Crippen LogP contribution in [-0.2, 0) is 13.6 Å². The lowest BCUT2D eigenvalue weighted by molar-refractivity contribution is 0.0900. The SMILES string of the molecule is CN1CCC2(CC1)CN(c1cc(C(=O)Nc3cc4cc(-c5cnn(C)c5CN5CCCCC5)ccc4cn3)ccn1)C2. The molecule has 3 aliphatic heterocycles. The van der Waals surface area contributed by atoms with Crippen LogP contribution < -0.4 is 10.2 Å². The molecule has 0 aliphatic carbocycles. The number of carbonyl (C=O) groups excluding carboxylic acids is 1. The van der Waals surface area contributed by atoms with Crippen LogP contribution in [0.5, 0.6) is 0 Å². The molecular formula is C33H40N8O. The first-order valence-corrected chi connectivity index (χ1v) is 15.3. The molecule has 3 fully saturated rings. The van der Waals surface area contributed by atoms with Crippen molar-refractivity contribution in [3.05, 3.63) is 66.2 Å². The highest BCUT2D eigenvalue weighted by atomic mass is 16.1. The Balaban J connectivity index is 1.06. The van der Waals surface area contributed by atoms with Gasteiger partial charge in [-0.3, -0.25) is 14.4 Å². The molecule has 9 heteroatoms. The number of pyridine rings is 2. The minimum absolute atomic E-state index is 0.174. The monoisotopic (exact) mass is 564 g/mol. The Hall–Kier alpha value is -3.82. The second-order valence-electron chi connectivity index (χ2n) is 12.6. The minimum Gasteiger partial charge on any atom is -0.355 e. The van der Waals surface area contributed by atoms with Gasteiger partial charge in [0.15, 0.2) is 0 Å². The number of hydrogen-bond donors (Lipinski definition) is 1. The van der Waals surface area contributed by atoms with Crippen LogP contribution in [0, 0.1) is 5.41 Å². The summed E-state index contributed by atoms with van der Waals surface area (Å²) in [6, 6.07) is 12.1. The fraction of sp³-hybridized carbons (Fsp3) is 0.455. The van der Waals surface area contributed by atoms with Crippen molar-refractivity contribution in [2.75, 3.05) is 56.5 Å². The molecule has 3 aliphatic rings. The van der Waals surface area contributed by atoms with Crippen LogP contribution in [0.1, 0.15) is 48.2 Å². The molecule has 1 aromatic carbocycles. The summed E-state index contributed by atoms with van der Waals surface area (Å²) in [4.78, 5) is 29.6. The predicted molar refractivity (Wildman–Crippen MR) is 167 cm³/mol. The number of piperidine rings is 2. The molecule has 3 aromatic heterocycles. The lowest BCUT2D eigenvalue weighted by atomic mass is 9.72. The van der Waals surface area contributed by atoms with E-state index in [1.807, 2.05) is 36.3 Å². The third kappa shape index (κ3) is 5.39. The van der Waals surface area contributed by atoms with Crippen LogP contribution in [-0.4, -0.2) is 81.8 Å². The molecule has 0 bridgehead atoms. The fourth-order valence-corrected chi connectivity index (χ4v) is 6.85. The van der Waals surface area contributed by atoms with Crippen molar-refractivity contribution in [3.8, 4) is 11.1 Å². The number of fused-ring (bicyclic) bond motifs is 1. The smallest absolute Gasteiger partial charge is 0.257 e. The Kier molecular flexibility index (Phi) is 7.15. The van der Waals surface area contributed by atoms with Gasteiger partial charge < -0.3 is 15.1 Å². The van der Waals surface area contributed by atoms with Gasteiger partial charge in [0.2, 0.25) is 0 Å². The highest BCUT2D eigenvalue weighted by molar-refractivity contribution is 6.05. The second kappa shape index (κ2) is 11.1. The summed E-state index contributed by atoms with van der Waals surface area (Å²) in [5.74, 6) is 1.24. The number of benzene rings is 1. The fourth-order valence-electron chi connectivity index (χ4n) is 6.85. The lowest BCUT2D eigenvalue weighted by Crippen LogP contribution is -2.60. The molecule has 7 rings (SSSR count). The maximum atomic E-state index is 13.3. The standard InChI is InChI=1S/C33H40N8O/c1-38-14-9-33(10-15-38)22-41(23-33)31-18-25(8-11-34-31)32(42)37-30-17-27-16-24(6-7-26(27)19-35-30)28-20-36-39(2)29(28)21-40-12-4-3-5-13-40/h6-8,11,16-20H,3-5,9-10,12-15,21-23H2,1-2H3,(H,35,37,42). The van der Waals surface area contributed by atoms with E-state index in [9.17, 15) is 4.79 Å². The third-order valence-corrected chi connectivity index (χ3v) is 9.59. The van der Waals surface area contributed by atoms with Crippen molar-refractivity contribution >= 4 is 28.3 Å². The van der Waals surface area contributed by atoms with Crippen LogP contribution in [0.3, 0.4) is 0 Å². The number of hydrogen-bond acceptors (Lipinski definition) is 7. The van der Waals surface area contributed by atoms with E-state index in [2.05, 4.69) is 60.3 Å². The number of carbonyl (C=O) groups is 1. The molecule has 6 heterocycles. The average Bonchev–Trinajstić information content (AvgIpc) is 3.36. The van der Waals surface area contributed by atoms with Crippen molar-refractivity contribution in [2.45, 2.75) is 38.6 Å². The topological polar surface area (TPSA) is 82.4 Å². The van der Waals surface area contributed by atoms with E-state index in [-0.39, 0.29) is 5.91 Å². The van der Waals surface area contributed by atoms with Gasteiger partial charge in [-0.1, -0.05) is 18.6 Å². The molecule has 1 spiro atoms. The molecule has 4 aromatic rings. The van der Waals surface area contributed by atoms with Crippen molar-refractivity contribution in [2.24, 2.45) is 12.5 Å². The number of likely N-dealkylation sites (tertiary alicyclic amines) is 2. The number of aryl methyl sites for hydroxylation is 1. The van der Waals surface area contributed by atoms with Crippen molar-refractivity contribution in [1.82, 2.24) is 29.5 Å². The van der Waals surface area contributed by atoms with E-state index in [0.717, 1.165) is 73.5 Å². The summed E-state index contributed by atoms with van der Waals surface area (Å²) in [6.45, 7) is 7.55. The molecule has 0 saturated carbocycles. The summed E-state index contributed by atoms with van der Waals surface area (Å²) in [6.07, 6.45) is 11.9. The first-order chi connectivity index (χ1) is 20.4. The van der Waals surface area contributed by atoms with Gasteiger partial charge >= 0.3 is 0 Å². The van der Waals surface area contributed by atoms with Crippen LogP contribution in [0.25, 0.3) is 21.9 Å². The minimum atomic E-state index is -0.174. The molecular weight excluding hydrogens is 524 g/mol. The van der Waals surface area contributed by atoms with Gasteiger partial charge in [0, 0.05) is 61.0 Å². The summed E-state index contributed by atoms with van der Waals surface area (Å²) < 4.78 is 2.00.